The molecule has 0 aromatic rings. The van der Waals surface area contributed by atoms with E-state index < -0.39 is 8.32 Å². The van der Waals surface area contributed by atoms with Gasteiger partial charge in [0.25, 0.3) is 5.95 Å². The minimum Gasteiger partial charge on any atom is -0.520 e. The van der Waals surface area contributed by atoms with Crippen molar-refractivity contribution < 1.29 is 18.7 Å². The van der Waals surface area contributed by atoms with Crippen LogP contribution in [0, 0.1) is 0 Å². The number of nitrogens with zero attached hydrogens (tertiary/aromatic N) is 1. The molecule has 6 heteroatoms. The predicted molar refractivity (Wildman–Crippen MR) is 80.9 cm³/mol. The third-order valence-electron chi connectivity index (χ3n) is 2.86. The number of carbonyl (C=O) groups excluding carboxylic acids is 1. The van der Waals surface area contributed by atoms with Gasteiger partial charge in [-0.05, 0) is 46.3 Å². The predicted octanol–water partition coefficient (Wildman–Crippen LogP) is 3.34. The highest BCUT2D eigenvalue weighted by Gasteiger charge is 2.26. The first-order valence-electron chi connectivity index (χ1n) is 7.33. The molecule has 0 saturated carbocycles. The molecular weight excluding hydrogens is 274 g/mol. The van der Waals surface area contributed by atoms with E-state index in [9.17, 15) is 4.79 Å². The first-order chi connectivity index (χ1) is 9.37. The van der Waals surface area contributed by atoms with Crippen LogP contribution in [-0.2, 0) is 13.9 Å². The number of hydrogen-bond acceptors (Lipinski definition) is 4. The Labute approximate surface area is 123 Å². The van der Waals surface area contributed by atoms with Crippen LogP contribution in [0.3, 0.4) is 0 Å². The quantitative estimate of drug-likeness (QED) is 0.577. The largest absolute Gasteiger partial charge is 0.520 e. The highest BCUT2D eigenvalue weighted by atomic mass is 28.4. The summed E-state index contributed by atoms with van der Waals surface area (Å²) in [5.74, 6) is 0.690. The summed E-state index contributed by atoms with van der Waals surface area (Å²) < 4.78 is 16.7. The summed E-state index contributed by atoms with van der Waals surface area (Å²) >= 11 is 0. The fourth-order valence-corrected chi connectivity index (χ4v) is 2.75. The number of hydrogen-bond donors (Lipinski definition) is 0. The van der Waals surface area contributed by atoms with E-state index in [0.29, 0.717) is 32.2 Å². The molecule has 0 spiro atoms. The van der Waals surface area contributed by atoms with Crippen LogP contribution in [-0.4, -0.2) is 45.6 Å². The van der Waals surface area contributed by atoms with Gasteiger partial charge in [0, 0.05) is 18.7 Å². The van der Waals surface area contributed by atoms with Gasteiger partial charge in [-0.2, -0.15) is 0 Å². The van der Waals surface area contributed by atoms with Crippen molar-refractivity contribution in [2.45, 2.75) is 46.3 Å². The molecule has 20 heavy (non-hydrogen) atoms. The minimum absolute atomic E-state index is 0.226. The maximum Gasteiger partial charge on any atom is 0.409 e. The highest BCUT2D eigenvalue weighted by Crippen LogP contribution is 2.24. The van der Waals surface area contributed by atoms with Crippen molar-refractivity contribution in [1.29, 1.82) is 0 Å². The van der Waals surface area contributed by atoms with Gasteiger partial charge < -0.3 is 18.8 Å². The molecule has 116 valence electrons. The molecule has 0 aliphatic carbocycles. The Morgan fingerprint density at radius 2 is 1.65 bits per heavy atom. The standard InChI is InChI=1S/C14H27NO4Si/c1-6-17-13(19-20(3,4)5)12-8-10-15(11-9-12)14(16)18-7-2/h6-11H2,1-5H3. The monoisotopic (exact) mass is 301 g/mol. The lowest BCUT2D eigenvalue weighted by molar-refractivity contribution is 0.0904. The van der Waals surface area contributed by atoms with Crippen LogP contribution in [0.4, 0.5) is 4.79 Å². The van der Waals surface area contributed by atoms with Gasteiger partial charge in [0.1, 0.15) is 0 Å². The maximum atomic E-state index is 11.7. The molecule has 0 radical (unpaired) electrons. The van der Waals surface area contributed by atoms with Crippen LogP contribution < -0.4 is 0 Å². The van der Waals surface area contributed by atoms with Gasteiger partial charge in [-0.3, -0.25) is 0 Å². The summed E-state index contributed by atoms with van der Waals surface area (Å²) in [7, 11) is -1.68. The number of carbonyl (C=O) groups is 1. The molecule has 0 aromatic carbocycles. The topological polar surface area (TPSA) is 48.0 Å². The molecule has 0 aromatic heterocycles. The van der Waals surface area contributed by atoms with Crippen LogP contribution in [0.15, 0.2) is 11.5 Å². The highest BCUT2D eigenvalue weighted by molar-refractivity contribution is 6.70. The number of likely N-dealkylation sites (tertiary alicyclic amines) is 1. The lowest BCUT2D eigenvalue weighted by Crippen LogP contribution is -2.37. The van der Waals surface area contributed by atoms with Crippen molar-refractivity contribution in [3.05, 3.63) is 11.5 Å². The fourth-order valence-electron chi connectivity index (χ4n) is 1.99. The SMILES string of the molecule is CCOC(=O)N1CCC(=C(OCC)O[Si](C)(C)C)CC1. The average Bonchev–Trinajstić information content (AvgIpc) is 2.37. The van der Waals surface area contributed by atoms with Crippen molar-refractivity contribution in [1.82, 2.24) is 4.90 Å². The molecule has 0 N–H and O–H groups in total. The summed E-state index contributed by atoms with van der Waals surface area (Å²) in [5.41, 5.74) is 1.18. The third kappa shape index (κ3) is 5.44. The molecule has 1 fully saturated rings. The van der Waals surface area contributed by atoms with Gasteiger partial charge in [0.2, 0.25) is 8.32 Å². The summed E-state index contributed by atoms with van der Waals surface area (Å²) in [6.45, 7) is 12.6. The lowest BCUT2D eigenvalue weighted by atomic mass is 10.1. The number of piperidine rings is 1. The van der Waals surface area contributed by atoms with Crippen LogP contribution in [0.25, 0.3) is 0 Å². The summed E-state index contributed by atoms with van der Waals surface area (Å²) in [4.78, 5) is 13.4. The molecule has 0 bridgehead atoms. The second-order valence-corrected chi connectivity index (χ2v) is 10.2. The average molecular weight is 301 g/mol. The van der Waals surface area contributed by atoms with Gasteiger partial charge in [-0.25, -0.2) is 4.79 Å². The fraction of sp³-hybridized carbons (Fsp3) is 0.786. The molecular formula is C14H27NO4Si. The van der Waals surface area contributed by atoms with E-state index in [1.807, 2.05) is 13.8 Å². The molecule has 0 unspecified atom stereocenters. The molecule has 0 atom stereocenters. The smallest absolute Gasteiger partial charge is 0.409 e. The molecule has 1 amide bonds. The lowest BCUT2D eigenvalue weighted by Gasteiger charge is -2.30. The minimum atomic E-state index is -1.68. The van der Waals surface area contributed by atoms with Crippen molar-refractivity contribution in [3.8, 4) is 0 Å². The zero-order chi connectivity index (χ0) is 15.2. The summed E-state index contributed by atoms with van der Waals surface area (Å²) in [6.07, 6.45) is 1.35. The normalized spacial score (nSPS) is 15.8. The van der Waals surface area contributed by atoms with Crippen LogP contribution in [0.5, 0.6) is 0 Å². The third-order valence-corrected chi connectivity index (χ3v) is 3.65. The summed E-state index contributed by atoms with van der Waals surface area (Å²) in [5, 5.41) is 0. The van der Waals surface area contributed by atoms with E-state index >= 15 is 0 Å². The van der Waals surface area contributed by atoms with E-state index in [1.54, 1.807) is 4.90 Å². The van der Waals surface area contributed by atoms with E-state index in [4.69, 9.17) is 13.9 Å². The van der Waals surface area contributed by atoms with E-state index in [1.165, 1.54) is 5.57 Å². The molecule has 1 heterocycles. The second kappa shape index (κ2) is 7.57. The van der Waals surface area contributed by atoms with Crippen molar-refractivity contribution >= 4 is 14.4 Å². The van der Waals surface area contributed by atoms with E-state index in [0.717, 1.165) is 12.8 Å². The first-order valence-corrected chi connectivity index (χ1v) is 10.7. The molecule has 1 aliphatic heterocycles. The van der Waals surface area contributed by atoms with E-state index in [-0.39, 0.29) is 6.09 Å². The molecule has 1 rings (SSSR count). The Bertz CT molecular complexity index is 353. The van der Waals surface area contributed by atoms with Gasteiger partial charge >= 0.3 is 6.09 Å². The molecule has 1 aliphatic rings. The van der Waals surface area contributed by atoms with Crippen LogP contribution >= 0.6 is 0 Å². The Morgan fingerprint density at radius 3 is 2.10 bits per heavy atom. The van der Waals surface area contributed by atoms with E-state index in [2.05, 4.69) is 19.6 Å². The second-order valence-electron chi connectivity index (χ2n) is 5.72. The number of ether oxygens (including phenoxy) is 2. The Hall–Kier alpha value is -1.17. The number of amides is 1. The van der Waals surface area contributed by atoms with Gasteiger partial charge in [0.15, 0.2) is 0 Å². The van der Waals surface area contributed by atoms with Crippen molar-refractivity contribution in [2.24, 2.45) is 0 Å². The van der Waals surface area contributed by atoms with Crippen LogP contribution in [0.1, 0.15) is 26.7 Å². The Balaban J connectivity index is 2.67. The van der Waals surface area contributed by atoms with Crippen LogP contribution in [0.2, 0.25) is 19.6 Å². The van der Waals surface area contributed by atoms with Gasteiger partial charge in [-0.15, -0.1) is 0 Å². The van der Waals surface area contributed by atoms with Gasteiger partial charge in [-0.1, -0.05) is 0 Å². The molecule has 5 nitrogen and oxygen atoms in total. The van der Waals surface area contributed by atoms with Gasteiger partial charge in [0.05, 0.1) is 13.2 Å². The molecule has 1 saturated heterocycles. The zero-order valence-corrected chi connectivity index (χ0v) is 14.3. The Morgan fingerprint density at radius 1 is 1.10 bits per heavy atom. The maximum absolute atomic E-state index is 11.7. The first kappa shape index (κ1) is 16.9. The van der Waals surface area contributed by atoms with Crippen molar-refractivity contribution in [3.63, 3.8) is 0 Å². The zero-order valence-electron chi connectivity index (χ0n) is 13.3. The number of rotatable bonds is 5. The summed E-state index contributed by atoms with van der Waals surface area (Å²) in [6, 6.07) is 0. The Kier molecular flexibility index (Phi) is 6.39. The van der Waals surface area contributed by atoms with Crippen molar-refractivity contribution in [2.75, 3.05) is 26.3 Å².